The van der Waals surface area contributed by atoms with Gasteiger partial charge in [-0.1, -0.05) is 84.0 Å². The van der Waals surface area contributed by atoms with Gasteiger partial charge in [0.05, 0.1) is 16.9 Å². The van der Waals surface area contributed by atoms with Gasteiger partial charge in [-0.05, 0) is 76.5 Å². The van der Waals surface area contributed by atoms with Gasteiger partial charge in [0.1, 0.15) is 0 Å². The molecule has 0 saturated carbocycles. The van der Waals surface area contributed by atoms with E-state index in [0.29, 0.717) is 49.9 Å². The van der Waals surface area contributed by atoms with Crippen LogP contribution in [0.25, 0.3) is 22.3 Å². The molecule has 0 unspecified atom stereocenters. The summed E-state index contributed by atoms with van der Waals surface area (Å²) in [7, 11) is 0. The second kappa shape index (κ2) is 11.7. The quantitative estimate of drug-likeness (QED) is 0.298. The van der Waals surface area contributed by atoms with E-state index in [9.17, 15) is 22.8 Å². The van der Waals surface area contributed by atoms with Crippen LogP contribution in [0.5, 0.6) is 0 Å². The summed E-state index contributed by atoms with van der Waals surface area (Å²) in [6.07, 6.45) is -1.23. The summed E-state index contributed by atoms with van der Waals surface area (Å²) in [5.41, 5.74) is 5.15. The number of nitrogens with zero attached hydrogens (tertiary/aromatic N) is 2. The molecule has 4 nitrogen and oxygen atoms in total. The zero-order valence-corrected chi connectivity index (χ0v) is 26.7. The van der Waals surface area contributed by atoms with Crippen molar-refractivity contribution in [2.45, 2.75) is 97.1 Å². The molecule has 2 amide bonds. The Morgan fingerprint density at radius 3 is 1.36 bits per heavy atom. The van der Waals surface area contributed by atoms with Crippen molar-refractivity contribution in [2.75, 3.05) is 22.9 Å². The molecule has 7 heteroatoms. The minimum Gasteiger partial charge on any atom is -0.312 e. The summed E-state index contributed by atoms with van der Waals surface area (Å²) in [6.45, 7) is 13.8. The monoisotopic (exact) mass is 604 g/mol. The van der Waals surface area contributed by atoms with Gasteiger partial charge < -0.3 is 9.80 Å². The number of carbonyl (C=O) groups excluding carboxylic acids is 2. The molecular formula is C37H43F3N2O2. The van der Waals surface area contributed by atoms with Gasteiger partial charge in [0.15, 0.2) is 0 Å². The van der Waals surface area contributed by atoms with Gasteiger partial charge in [0, 0.05) is 31.5 Å². The lowest BCUT2D eigenvalue weighted by molar-refractivity contribution is -0.137. The van der Waals surface area contributed by atoms with Crippen molar-refractivity contribution in [2.24, 2.45) is 0 Å². The minimum absolute atomic E-state index is 0.0536. The highest BCUT2D eigenvalue weighted by Crippen LogP contribution is 2.46. The van der Waals surface area contributed by atoms with Crippen LogP contribution < -0.4 is 9.80 Å². The van der Waals surface area contributed by atoms with Crippen LogP contribution in [-0.4, -0.2) is 24.9 Å². The summed E-state index contributed by atoms with van der Waals surface area (Å²) >= 11 is 0. The van der Waals surface area contributed by atoms with Crippen LogP contribution in [0.1, 0.15) is 96.8 Å². The average Bonchev–Trinajstić information content (AvgIpc) is 2.95. The molecule has 0 spiro atoms. The van der Waals surface area contributed by atoms with Crippen molar-refractivity contribution < 1.29 is 22.8 Å². The maximum absolute atomic E-state index is 14.3. The highest BCUT2D eigenvalue weighted by molar-refractivity contribution is 6.06. The summed E-state index contributed by atoms with van der Waals surface area (Å²) in [5, 5.41) is 0. The Hall–Kier alpha value is -3.61. The Balaban J connectivity index is 1.70. The SMILES string of the molecule is CC(C)(C)c1cc(-c2ccc(-c3c(N4CCCCC4=O)cc(C(F)(F)F)cc3N3CCCCC3=O)cc2)cc(C(C)(C)C)c1. The molecule has 2 fully saturated rings. The summed E-state index contributed by atoms with van der Waals surface area (Å²) < 4.78 is 42.8. The van der Waals surface area contributed by atoms with E-state index in [1.165, 1.54) is 20.9 Å². The number of anilines is 2. The molecule has 5 rings (SSSR count). The fourth-order valence-corrected chi connectivity index (χ4v) is 6.11. The molecule has 2 aliphatic heterocycles. The Morgan fingerprint density at radius 2 is 0.977 bits per heavy atom. The Labute approximate surface area is 259 Å². The first-order chi connectivity index (χ1) is 20.5. The number of hydrogen-bond acceptors (Lipinski definition) is 2. The zero-order valence-electron chi connectivity index (χ0n) is 26.7. The van der Waals surface area contributed by atoms with E-state index in [2.05, 4.69) is 59.7 Å². The maximum atomic E-state index is 14.3. The van der Waals surface area contributed by atoms with Crippen LogP contribution >= 0.6 is 0 Å². The third-order valence-corrected chi connectivity index (χ3v) is 8.82. The van der Waals surface area contributed by atoms with Crippen LogP contribution in [0.2, 0.25) is 0 Å². The number of benzene rings is 3. The number of carbonyl (C=O) groups is 2. The molecule has 0 aromatic heterocycles. The van der Waals surface area contributed by atoms with Gasteiger partial charge >= 0.3 is 6.18 Å². The van der Waals surface area contributed by atoms with E-state index >= 15 is 0 Å². The molecule has 0 aliphatic carbocycles. The number of alkyl halides is 3. The van der Waals surface area contributed by atoms with Gasteiger partial charge in [-0.15, -0.1) is 0 Å². The molecule has 0 bridgehead atoms. The van der Waals surface area contributed by atoms with Gasteiger partial charge in [-0.25, -0.2) is 0 Å². The molecule has 3 aromatic carbocycles. The van der Waals surface area contributed by atoms with E-state index in [4.69, 9.17) is 0 Å². The Bertz CT molecular complexity index is 1480. The Kier molecular flexibility index (Phi) is 8.47. The first-order valence-corrected chi connectivity index (χ1v) is 15.7. The van der Waals surface area contributed by atoms with Crippen molar-refractivity contribution in [1.82, 2.24) is 0 Å². The first-order valence-electron chi connectivity index (χ1n) is 15.7. The summed E-state index contributed by atoms with van der Waals surface area (Å²) in [5.74, 6) is -0.392. The van der Waals surface area contributed by atoms with Gasteiger partial charge in [0.2, 0.25) is 11.8 Å². The highest BCUT2D eigenvalue weighted by Gasteiger charge is 2.36. The number of hydrogen-bond donors (Lipinski definition) is 0. The average molecular weight is 605 g/mol. The van der Waals surface area contributed by atoms with Crippen molar-refractivity contribution >= 4 is 23.2 Å². The number of piperidine rings is 2. The predicted octanol–water partition coefficient (Wildman–Crippen LogP) is 9.67. The largest absolute Gasteiger partial charge is 0.416 e. The van der Waals surface area contributed by atoms with E-state index in [1.807, 2.05) is 24.3 Å². The van der Waals surface area contributed by atoms with Crippen molar-refractivity contribution in [3.05, 3.63) is 71.3 Å². The third-order valence-electron chi connectivity index (χ3n) is 8.82. The molecule has 44 heavy (non-hydrogen) atoms. The van der Waals surface area contributed by atoms with Gasteiger partial charge in [0.25, 0.3) is 0 Å². The normalized spacial score (nSPS) is 16.9. The third kappa shape index (κ3) is 6.57. The topological polar surface area (TPSA) is 40.6 Å². The number of rotatable bonds is 4. The fourth-order valence-electron chi connectivity index (χ4n) is 6.11. The molecule has 2 saturated heterocycles. The van der Waals surface area contributed by atoms with Crippen molar-refractivity contribution in [3.63, 3.8) is 0 Å². The van der Waals surface area contributed by atoms with E-state index < -0.39 is 11.7 Å². The first kappa shape index (κ1) is 31.8. The van der Waals surface area contributed by atoms with Crippen molar-refractivity contribution in [3.8, 4) is 22.3 Å². The molecule has 234 valence electrons. The van der Waals surface area contributed by atoms with Crippen LogP contribution in [-0.2, 0) is 26.6 Å². The number of amides is 2. The number of halogens is 3. The molecule has 3 aromatic rings. The van der Waals surface area contributed by atoms with Crippen LogP contribution in [0.3, 0.4) is 0 Å². The van der Waals surface area contributed by atoms with Crippen LogP contribution in [0, 0.1) is 0 Å². The highest BCUT2D eigenvalue weighted by atomic mass is 19.4. The fraction of sp³-hybridized carbons (Fsp3) is 0.459. The van der Waals surface area contributed by atoms with Gasteiger partial charge in [-0.3, -0.25) is 9.59 Å². The molecule has 0 atom stereocenters. The summed E-state index contributed by atoms with van der Waals surface area (Å²) in [6, 6.07) is 16.7. The predicted molar refractivity (Wildman–Crippen MR) is 172 cm³/mol. The molecule has 0 N–H and O–H groups in total. The second-order valence-corrected chi connectivity index (χ2v) is 14.3. The Morgan fingerprint density at radius 1 is 0.545 bits per heavy atom. The zero-order chi connectivity index (χ0) is 32.0. The lowest BCUT2D eigenvalue weighted by atomic mass is 9.79. The molecular weight excluding hydrogens is 561 g/mol. The van der Waals surface area contributed by atoms with E-state index in [-0.39, 0.29) is 46.9 Å². The lowest BCUT2D eigenvalue weighted by Crippen LogP contribution is -2.38. The smallest absolute Gasteiger partial charge is 0.312 e. The van der Waals surface area contributed by atoms with E-state index in [1.54, 1.807) is 0 Å². The molecule has 0 radical (unpaired) electrons. The standard InChI is InChI=1S/C37H43F3N2O2/c1-35(2,3)27-19-26(20-28(21-27)36(4,5)6)24-13-15-25(16-14-24)34-30(41-17-9-7-11-32(41)43)22-29(37(38,39)40)23-31(34)42-18-10-8-12-33(42)44/h13-16,19-23H,7-12,17-18H2,1-6H3. The van der Waals surface area contributed by atoms with E-state index in [0.717, 1.165) is 23.3 Å². The lowest BCUT2D eigenvalue weighted by Gasteiger charge is -2.34. The van der Waals surface area contributed by atoms with Gasteiger partial charge in [-0.2, -0.15) is 13.2 Å². The van der Waals surface area contributed by atoms with Crippen LogP contribution in [0.4, 0.5) is 24.5 Å². The second-order valence-electron chi connectivity index (χ2n) is 14.3. The molecule has 2 aliphatic rings. The maximum Gasteiger partial charge on any atom is 0.416 e. The van der Waals surface area contributed by atoms with Crippen molar-refractivity contribution in [1.29, 1.82) is 0 Å². The van der Waals surface area contributed by atoms with Crippen LogP contribution in [0.15, 0.2) is 54.6 Å². The minimum atomic E-state index is -4.63. The molecule has 2 heterocycles. The summed E-state index contributed by atoms with van der Waals surface area (Å²) in [4.78, 5) is 29.2.